The largest absolute Gasteiger partial charge is 0.502 e. The summed E-state index contributed by atoms with van der Waals surface area (Å²) < 4.78 is 5.72. The zero-order valence-electron chi connectivity index (χ0n) is 9.57. The Labute approximate surface area is 118 Å². The first-order chi connectivity index (χ1) is 8.58. The van der Waals surface area contributed by atoms with E-state index in [1.807, 2.05) is 0 Å². The van der Waals surface area contributed by atoms with E-state index in [1.165, 1.54) is 6.07 Å². The highest BCUT2D eigenvalue weighted by Crippen LogP contribution is 2.34. The lowest BCUT2D eigenvalue weighted by Crippen LogP contribution is -2.38. The number of hydrogen-bond acceptors (Lipinski definition) is 5. The first kappa shape index (κ1) is 13.9. The first-order valence-electron chi connectivity index (χ1n) is 5.67. The van der Waals surface area contributed by atoms with Crippen LogP contribution in [0.5, 0.6) is 11.6 Å². The molecule has 0 amide bonds. The van der Waals surface area contributed by atoms with Gasteiger partial charge in [-0.15, -0.1) is 0 Å². The summed E-state index contributed by atoms with van der Waals surface area (Å²) >= 11 is 8.90. The van der Waals surface area contributed by atoms with Gasteiger partial charge in [0.2, 0.25) is 0 Å². The summed E-state index contributed by atoms with van der Waals surface area (Å²) in [5.41, 5.74) is 0. The number of aromatic nitrogens is 1. The van der Waals surface area contributed by atoms with E-state index in [2.05, 4.69) is 26.2 Å². The molecule has 1 aliphatic rings. The third kappa shape index (κ3) is 3.26. The molecule has 2 rings (SSSR count). The van der Waals surface area contributed by atoms with Crippen molar-refractivity contribution in [2.75, 3.05) is 13.2 Å². The van der Waals surface area contributed by atoms with Crippen molar-refractivity contribution < 1.29 is 14.9 Å². The Morgan fingerprint density at radius 3 is 3.11 bits per heavy atom. The minimum atomic E-state index is -0.633. The average Bonchev–Trinajstić information content (AvgIpc) is 2.85. The molecule has 0 spiro atoms. The molecular weight excluding hydrogens is 323 g/mol. The topological polar surface area (TPSA) is 74.6 Å². The summed E-state index contributed by atoms with van der Waals surface area (Å²) in [6, 6.07) is 1.51. The van der Waals surface area contributed by atoms with E-state index in [9.17, 15) is 10.2 Å². The van der Waals surface area contributed by atoms with Crippen molar-refractivity contribution in [1.29, 1.82) is 0 Å². The van der Waals surface area contributed by atoms with Crippen molar-refractivity contribution in [3.05, 3.63) is 15.7 Å². The minimum absolute atomic E-state index is 0.0198. The van der Waals surface area contributed by atoms with Gasteiger partial charge in [-0.05, 0) is 41.4 Å². The van der Waals surface area contributed by atoms with E-state index in [0.29, 0.717) is 4.47 Å². The number of halogens is 2. The second-order valence-electron chi connectivity index (χ2n) is 4.16. The molecule has 2 heterocycles. The average molecular weight is 338 g/mol. The van der Waals surface area contributed by atoms with E-state index in [1.54, 1.807) is 0 Å². The number of rotatable bonds is 4. The zero-order valence-corrected chi connectivity index (χ0v) is 11.9. The molecule has 1 aromatic rings. The second-order valence-corrected chi connectivity index (χ2v) is 5.40. The van der Waals surface area contributed by atoms with Gasteiger partial charge in [-0.3, -0.25) is 0 Å². The number of aromatic hydroxyl groups is 1. The molecule has 18 heavy (non-hydrogen) atoms. The quantitative estimate of drug-likeness (QED) is 0.729. The van der Waals surface area contributed by atoms with E-state index < -0.39 is 6.10 Å². The normalized spacial score (nSPS) is 20.9. The van der Waals surface area contributed by atoms with Crippen LogP contribution in [-0.4, -0.2) is 40.5 Å². The van der Waals surface area contributed by atoms with Gasteiger partial charge in [-0.25, -0.2) is 0 Å². The Hall–Kier alpha value is -0.560. The summed E-state index contributed by atoms with van der Waals surface area (Å²) in [7, 11) is 0. The van der Waals surface area contributed by atoms with Gasteiger partial charge in [0.1, 0.15) is 17.9 Å². The fraction of sp³-hybridized carbons (Fsp3) is 0.545. The molecule has 0 saturated carbocycles. The second kappa shape index (κ2) is 6.06. The fourth-order valence-electron chi connectivity index (χ4n) is 1.88. The maximum atomic E-state index is 9.90. The SMILES string of the molecule is Oc1c(Br)cc(Cl)nc1OC[C@@H](O)[C@H]1CCCN1. The Bertz CT molecular complexity index is 427. The monoisotopic (exact) mass is 336 g/mol. The van der Waals surface area contributed by atoms with E-state index >= 15 is 0 Å². The van der Waals surface area contributed by atoms with Crippen molar-refractivity contribution in [3.63, 3.8) is 0 Å². The Kier molecular flexibility index (Phi) is 4.66. The molecule has 0 bridgehead atoms. The first-order valence-corrected chi connectivity index (χ1v) is 6.84. The van der Waals surface area contributed by atoms with Gasteiger partial charge in [0.05, 0.1) is 4.47 Å². The highest BCUT2D eigenvalue weighted by Gasteiger charge is 2.23. The summed E-state index contributed by atoms with van der Waals surface area (Å²) in [5, 5.41) is 23.0. The molecule has 3 N–H and O–H groups in total. The number of pyridine rings is 1. The van der Waals surface area contributed by atoms with Gasteiger partial charge in [0.25, 0.3) is 5.88 Å². The van der Waals surface area contributed by atoms with Gasteiger partial charge in [-0.2, -0.15) is 4.98 Å². The molecule has 0 aromatic carbocycles. The van der Waals surface area contributed by atoms with Crippen molar-refractivity contribution in [1.82, 2.24) is 10.3 Å². The lowest BCUT2D eigenvalue weighted by atomic mass is 10.1. The molecule has 1 saturated heterocycles. The molecule has 1 fully saturated rings. The smallest absolute Gasteiger partial charge is 0.259 e. The van der Waals surface area contributed by atoms with Crippen LogP contribution in [0.15, 0.2) is 10.5 Å². The molecule has 100 valence electrons. The van der Waals surface area contributed by atoms with E-state index in [4.69, 9.17) is 16.3 Å². The molecule has 0 aliphatic carbocycles. The standard InChI is InChI=1S/C11H14BrClN2O3/c12-6-4-9(13)15-11(10(6)17)18-5-8(16)7-2-1-3-14-7/h4,7-8,14,16-17H,1-3,5H2/t7-,8-/m1/s1. The molecular formula is C11H14BrClN2O3. The lowest BCUT2D eigenvalue weighted by Gasteiger charge is -2.18. The van der Waals surface area contributed by atoms with Crippen molar-refractivity contribution >= 4 is 27.5 Å². The van der Waals surface area contributed by atoms with Gasteiger partial charge in [0.15, 0.2) is 5.75 Å². The van der Waals surface area contributed by atoms with Crippen molar-refractivity contribution in [2.45, 2.75) is 25.0 Å². The Morgan fingerprint density at radius 1 is 1.67 bits per heavy atom. The summed E-state index contributed by atoms with van der Waals surface area (Å²) in [6.45, 7) is 0.971. The van der Waals surface area contributed by atoms with Crippen molar-refractivity contribution in [2.24, 2.45) is 0 Å². The molecule has 0 unspecified atom stereocenters. The number of nitrogens with zero attached hydrogens (tertiary/aromatic N) is 1. The van der Waals surface area contributed by atoms with E-state index in [0.717, 1.165) is 19.4 Å². The maximum absolute atomic E-state index is 9.90. The number of ether oxygens (including phenoxy) is 1. The Morgan fingerprint density at radius 2 is 2.44 bits per heavy atom. The predicted molar refractivity (Wildman–Crippen MR) is 71.1 cm³/mol. The zero-order chi connectivity index (χ0) is 13.1. The third-order valence-corrected chi connectivity index (χ3v) is 3.63. The molecule has 7 heteroatoms. The fourth-order valence-corrected chi connectivity index (χ4v) is 2.58. The highest BCUT2D eigenvalue weighted by molar-refractivity contribution is 9.10. The van der Waals surface area contributed by atoms with Crippen LogP contribution >= 0.6 is 27.5 Å². The predicted octanol–water partition coefficient (Wildman–Crippen LogP) is 1.69. The van der Waals surface area contributed by atoms with Crippen LogP contribution < -0.4 is 10.1 Å². The lowest BCUT2D eigenvalue weighted by molar-refractivity contribution is 0.0757. The highest BCUT2D eigenvalue weighted by atomic mass is 79.9. The van der Waals surface area contributed by atoms with Crippen molar-refractivity contribution in [3.8, 4) is 11.6 Å². The molecule has 0 radical (unpaired) electrons. The van der Waals surface area contributed by atoms with Crippen LogP contribution in [0, 0.1) is 0 Å². The van der Waals surface area contributed by atoms with Crippen LogP contribution in [0.4, 0.5) is 0 Å². The number of hydrogen-bond donors (Lipinski definition) is 3. The molecule has 2 atom stereocenters. The van der Waals surface area contributed by atoms with Crippen LogP contribution in [0.2, 0.25) is 5.15 Å². The van der Waals surface area contributed by atoms with Crippen LogP contribution in [0.3, 0.4) is 0 Å². The number of nitrogens with one attached hydrogen (secondary N) is 1. The molecule has 1 aliphatic heterocycles. The summed E-state index contributed by atoms with van der Waals surface area (Å²) in [6.07, 6.45) is 1.34. The summed E-state index contributed by atoms with van der Waals surface area (Å²) in [5.74, 6) is -0.0996. The van der Waals surface area contributed by atoms with Gasteiger partial charge >= 0.3 is 0 Å². The van der Waals surface area contributed by atoms with Gasteiger partial charge in [0, 0.05) is 6.04 Å². The van der Waals surface area contributed by atoms with Gasteiger partial charge in [-0.1, -0.05) is 11.6 Å². The van der Waals surface area contributed by atoms with Crippen LogP contribution in [0.1, 0.15) is 12.8 Å². The number of aliphatic hydroxyl groups excluding tert-OH is 1. The Balaban J connectivity index is 1.97. The van der Waals surface area contributed by atoms with Crippen LogP contribution in [0.25, 0.3) is 0 Å². The molecule has 1 aromatic heterocycles. The number of aliphatic hydroxyl groups is 1. The molecule has 5 nitrogen and oxygen atoms in total. The van der Waals surface area contributed by atoms with E-state index in [-0.39, 0.29) is 29.4 Å². The van der Waals surface area contributed by atoms with Gasteiger partial charge < -0.3 is 20.3 Å². The minimum Gasteiger partial charge on any atom is -0.502 e. The van der Waals surface area contributed by atoms with Crippen LogP contribution in [-0.2, 0) is 0 Å². The maximum Gasteiger partial charge on any atom is 0.259 e. The third-order valence-electron chi connectivity index (χ3n) is 2.84. The summed E-state index contributed by atoms with van der Waals surface area (Å²) in [4.78, 5) is 3.86.